The Balaban J connectivity index is 2.52. The average Bonchev–Trinajstić information content (AvgIpc) is 2.66. The van der Waals surface area contributed by atoms with Crippen molar-refractivity contribution in [2.24, 2.45) is 0 Å². The first kappa shape index (κ1) is 22.5. The highest BCUT2D eigenvalue weighted by molar-refractivity contribution is 5.53. The lowest BCUT2D eigenvalue weighted by Crippen LogP contribution is -2.29. The summed E-state index contributed by atoms with van der Waals surface area (Å²) in [5.41, 5.74) is 1.07. The zero-order valence-electron chi connectivity index (χ0n) is 16.7. The van der Waals surface area contributed by atoms with Gasteiger partial charge >= 0.3 is 0 Å². The second-order valence-corrected chi connectivity index (χ2v) is 6.17. The van der Waals surface area contributed by atoms with Crippen LogP contribution in [0, 0.1) is 0 Å². The topological polar surface area (TPSA) is 69.2 Å². The second-order valence-electron chi connectivity index (χ2n) is 6.17. The van der Waals surface area contributed by atoms with Crippen molar-refractivity contribution in [1.82, 2.24) is 5.32 Å². The molecular formula is C20H35NO5. The number of ether oxygens (including phenoxy) is 4. The van der Waals surface area contributed by atoms with Gasteiger partial charge in [-0.25, -0.2) is 0 Å². The zero-order chi connectivity index (χ0) is 19.2. The van der Waals surface area contributed by atoms with Crippen molar-refractivity contribution in [1.29, 1.82) is 0 Å². The van der Waals surface area contributed by atoms with E-state index in [1.165, 1.54) is 0 Å². The Hall–Kier alpha value is -1.50. The smallest absolute Gasteiger partial charge is 0.203 e. The summed E-state index contributed by atoms with van der Waals surface area (Å²) in [6, 6.07) is 3.91. The van der Waals surface area contributed by atoms with Crippen molar-refractivity contribution < 1.29 is 24.1 Å². The van der Waals surface area contributed by atoms with E-state index in [2.05, 4.69) is 5.32 Å². The molecule has 0 heterocycles. The van der Waals surface area contributed by atoms with E-state index < -0.39 is 0 Å². The first-order valence-electron chi connectivity index (χ1n) is 9.42. The number of methoxy groups -OCH3 is 3. The number of rotatable bonds is 15. The van der Waals surface area contributed by atoms with Crippen molar-refractivity contribution in [3.63, 3.8) is 0 Å². The van der Waals surface area contributed by atoms with E-state index >= 15 is 0 Å². The molecule has 0 radical (unpaired) electrons. The van der Waals surface area contributed by atoms with Gasteiger partial charge in [-0.2, -0.15) is 0 Å². The summed E-state index contributed by atoms with van der Waals surface area (Å²) < 4.78 is 22.0. The molecule has 1 rings (SSSR count). The molecule has 26 heavy (non-hydrogen) atoms. The van der Waals surface area contributed by atoms with E-state index in [0.717, 1.165) is 44.2 Å². The monoisotopic (exact) mass is 369 g/mol. The maximum atomic E-state index is 8.83. The van der Waals surface area contributed by atoms with Crippen molar-refractivity contribution in [2.45, 2.75) is 51.7 Å². The van der Waals surface area contributed by atoms with Crippen LogP contribution in [0.25, 0.3) is 0 Å². The summed E-state index contributed by atoms with van der Waals surface area (Å²) in [4.78, 5) is 0. The molecule has 0 aliphatic rings. The van der Waals surface area contributed by atoms with Gasteiger partial charge in [0, 0.05) is 26.3 Å². The minimum absolute atomic E-state index is 0.205. The van der Waals surface area contributed by atoms with E-state index in [-0.39, 0.29) is 12.7 Å². The molecule has 0 aliphatic heterocycles. The lowest BCUT2D eigenvalue weighted by molar-refractivity contribution is 0.0546. The Morgan fingerprint density at radius 2 is 1.62 bits per heavy atom. The average molecular weight is 370 g/mol. The molecule has 150 valence electrons. The van der Waals surface area contributed by atoms with E-state index in [4.69, 9.17) is 24.1 Å². The van der Waals surface area contributed by atoms with Gasteiger partial charge in [0.05, 0.1) is 27.4 Å². The SMILES string of the molecule is CCOC(CCCCCCO)CNCc1cc(OC)c(OC)c(OC)c1. The maximum absolute atomic E-state index is 8.83. The highest BCUT2D eigenvalue weighted by Gasteiger charge is 2.14. The number of aliphatic hydroxyl groups excluding tert-OH is 1. The van der Waals surface area contributed by atoms with E-state index in [1.807, 2.05) is 19.1 Å². The molecule has 0 spiro atoms. The lowest BCUT2D eigenvalue weighted by Gasteiger charge is -2.18. The van der Waals surface area contributed by atoms with Crippen LogP contribution in [0.4, 0.5) is 0 Å². The largest absolute Gasteiger partial charge is 0.493 e. The zero-order valence-corrected chi connectivity index (χ0v) is 16.7. The lowest BCUT2D eigenvalue weighted by atomic mass is 10.1. The number of benzene rings is 1. The van der Waals surface area contributed by atoms with Gasteiger partial charge in [-0.3, -0.25) is 0 Å². The number of hydrogen-bond donors (Lipinski definition) is 2. The van der Waals surface area contributed by atoms with Crippen LogP contribution in [0.3, 0.4) is 0 Å². The number of nitrogens with one attached hydrogen (secondary N) is 1. The Kier molecular flexibility index (Phi) is 11.9. The van der Waals surface area contributed by atoms with E-state index in [1.54, 1.807) is 21.3 Å². The molecule has 1 aromatic rings. The predicted molar refractivity (Wildman–Crippen MR) is 103 cm³/mol. The Morgan fingerprint density at radius 3 is 2.15 bits per heavy atom. The molecular weight excluding hydrogens is 334 g/mol. The van der Waals surface area contributed by atoms with E-state index in [9.17, 15) is 0 Å². The van der Waals surface area contributed by atoms with Gasteiger partial charge in [-0.1, -0.05) is 19.3 Å². The highest BCUT2D eigenvalue weighted by Crippen LogP contribution is 2.38. The van der Waals surface area contributed by atoms with Crippen molar-refractivity contribution in [3.05, 3.63) is 17.7 Å². The summed E-state index contributed by atoms with van der Waals surface area (Å²) in [5, 5.41) is 12.3. The molecule has 0 fully saturated rings. The summed E-state index contributed by atoms with van der Waals surface area (Å²) in [5.74, 6) is 1.93. The fraction of sp³-hybridized carbons (Fsp3) is 0.700. The third-order valence-electron chi connectivity index (χ3n) is 4.26. The van der Waals surface area contributed by atoms with Crippen LogP contribution in [-0.4, -0.2) is 52.3 Å². The van der Waals surface area contributed by atoms with Gasteiger partial charge in [0.15, 0.2) is 11.5 Å². The van der Waals surface area contributed by atoms with Gasteiger partial charge in [-0.05, 0) is 37.5 Å². The normalized spacial score (nSPS) is 12.0. The van der Waals surface area contributed by atoms with Crippen molar-refractivity contribution in [3.8, 4) is 17.2 Å². The molecule has 1 unspecified atom stereocenters. The third kappa shape index (κ3) is 7.81. The van der Waals surface area contributed by atoms with Gasteiger partial charge in [0.1, 0.15) is 0 Å². The van der Waals surface area contributed by atoms with Gasteiger partial charge in [-0.15, -0.1) is 0 Å². The van der Waals surface area contributed by atoms with Crippen LogP contribution in [-0.2, 0) is 11.3 Å². The van der Waals surface area contributed by atoms with Crippen LogP contribution in [0.15, 0.2) is 12.1 Å². The molecule has 2 N–H and O–H groups in total. The van der Waals surface area contributed by atoms with Gasteiger partial charge < -0.3 is 29.4 Å². The summed E-state index contributed by atoms with van der Waals surface area (Å²) in [7, 11) is 4.85. The first-order chi connectivity index (χ1) is 12.7. The Bertz CT molecular complexity index is 470. The molecule has 0 amide bonds. The van der Waals surface area contributed by atoms with Crippen molar-refractivity contribution >= 4 is 0 Å². The van der Waals surface area contributed by atoms with Crippen LogP contribution in [0.1, 0.15) is 44.6 Å². The first-order valence-corrected chi connectivity index (χ1v) is 9.42. The molecule has 0 aliphatic carbocycles. The quantitative estimate of drug-likeness (QED) is 0.463. The van der Waals surface area contributed by atoms with Crippen LogP contribution >= 0.6 is 0 Å². The van der Waals surface area contributed by atoms with Crippen LogP contribution in [0.5, 0.6) is 17.2 Å². The third-order valence-corrected chi connectivity index (χ3v) is 4.26. The molecule has 6 heteroatoms. The summed E-state index contributed by atoms with van der Waals surface area (Å²) in [6.45, 7) is 4.52. The van der Waals surface area contributed by atoms with E-state index in [0.29, 0.717) is 30.4 Å². The summed E-state index contributed by atoms with van der Waals surface area (Å²) in [6.07, 6.45) is 5.46. The molecule has 0 bridgehead atoms. The maximum Gasteiger partial charge on any atom is 0.203 e. The molecule has 6 nitrogen and oxygen atoms in total. The fourth-order valence-electron chi connectivity index (χ4n) is 2.93. The Morgan fingerprint density at radius 1 is 0.962 bits per heavy atom. The van der Waals surface area contributed by atoms with Gasteiger partial charge in [0.2, 0.25) is 5.75 Å². The number of unbranched alkanes of at least 4 members (excludes halogenated alkanes) is 3. The second kappa shape index (κ2) is 13.7. The standard InChI is InChI=1S/C20H35NO5/c1-5-26-17(10-8-6-7-9-11-22)15-21-14-16-12-18(23-2)20(25-4)19(13-16)24-3/h12-13,17,21-22H,5-11,14-15H2,1-4H3. The van der Waals surface area contributed by atoms with Crippen LogP contribution in [0.2, 0.25) is 0 Å². The van der Waals surface area contributed by atoms with Crippen molar-refractivity contribution in [2.75, 3.05) is 41.1 Å². The molecule has 0 saturated heterocycles. The summed E-state index contributed by atoms with van der Waals surface area (Å²) >= 11 is 0. The fourth-order valence-corrected chi connectivity index (χ4v) is 2.93. The number of hydrogen-bond acceptors (Lipinski definition) is 6. The minimum Gasteiger partial charge on any atom is -0.493 e. The Labute approximate surface area is 157 Å². The molecule has 1 aromatic carbocycles. The van der Waals surface area contributed by atoms with Crippen LogP contribution < -0.4 is 19.5 Å². The molecule has 0 saturated carbocycles. The molecule has 0 aromatic heterocycles. The predicted octanol–water partition coefficient (Wildman–Crippen LogP) is 3.15. The number of aliphatic hydroxyl groups is 1. The highest BCUT2D eigenvalue weighted by atomic mass is 16.5. The molecule has 1 atom stereocenters. The van der Waals surface area contributed by atoms with Gasteiger partial charge in [0.25, 0.3) is 0 Å². The minimum atomic E-state index is 0.205.